The van der Waals surface area contributed by atoms with Crippen LogP contribution in [0.15, 0.2) is 36.7 Å². The van der Waals surface area contributed by atoms with Crippen molar-refractivity contribution in [3.63, 3.8) is 0 Å². The molecule has 0 saturated heterocycles. The van der Waals surface area contributed by atoms with Crippen LogP contribution in [0.5, 0.6) is 5.75 Å². The molecule has 5 nitrogen and oxygen atoms in total. The third kappa shape index (κ3) is 2.30. The van der Waals surface area contributed by atoms with Crippen molar-refractivity contribution in [2.24, 2.45) is 0 Å². The van der Waals surface area contributed by atoms with Gasteiger partial charge in [0.2, 0.25) is 0 Å². The molecule has 112 valence electrons. The molecule has 0 saturated carbocycles. The molecule has 3 rings (SSSR count). The third-order valence-corrected chi connectivity index (χ3v) is 3.61. The highest BCUT2D eigenvalue weighted by Gasteiger charge is 2.18. The minimum atomic E-state index is -0.420. The van der Waals surface area contributed by atoms with Gasteiger partial charge in [0, 0.05) is 40.1 Å². The van der Waals surface area contributed by atoms with Gasteiger partial charge in [0.25, 0.3) is 0 Å². The van der Waals surface area contributed by atoms with Crippen LogP contribution in [0, 0.1) is 6.92 Å². The van der Waals surface area contributed by atoms with Crippen molar-refractivity contribution in [1.82, 2.24) is 9.97 Å². The predicted molar refractivity (Wildman–Crippen MR) is 84.2 cm³/mol. The van der Waals surface area contributed by atoms with Crippen LogP contribution in [0.1, 0.15) is 16.1 Å². The summed E-state index contributed by atoms with van der Waals surface area (Å²) in [7, 11) is 2.97. The van der Waals surface area contributed by atoms with Gasteiger partial charge in [0.15, 0.2) is 0 Å². The molecule has 0 aliphatic heterocycles. The maximum atomic E-state index is 12.0. The van der Waals surface area contributed by atoms with Gasteiger partial charge in [-0.05, 0) is 31.2 Å². The van der Waals surface area contributed by atoms with Crippen molar-refractivity contribution < 1.29 is 14.3 Å². The second kappa shape index (κ2) is 5.52. The highest BCUT2D eigenvalue weighted by molar-refractivity contribution is 5.99. The summed E-state index contributed by atoms with van der Waals surface area (Å²) in [5.74, 6) is 0.277. The Morgan fingerprint density at radius 1 is 1.18 bits per heavy atom. The number of nitrogens with one attached hydrogen (secondary N) is 1. The van der Waals surface area contributed by atoms with Gasteiger partial charge in [-0.1, -0.05) is 0 Å². The van der Waals surface area contributed by atoms with E-state index in [0.29, 0.717) is 11.3 Å². The van der Waals surface area contributed by atoms with E-state index in [-0.39, 0.29) is 0 Å². The van der Waals surface area contributed by atoms with E-state index >= 15 is 0 Å². The van der Waals surface area contributed by atoms with Crippen LogP contribution < -0.4 is 4.74 Å². The molecule has 0 amide bonds. The number of methoxy groups -OCH3 is 2. The first kappa shape index (κ1) is 14.1. The predicted octanol–water partition coefficient (Wildman–Crippen LogP) is 3.33. The summed E-state index contributed by atoms with van der Waals surface area (Å²) in [4.78, 5) is 19.4. The second-order valence-electron chi connectivity index (χ2n) is 4.98. The Morgan fingerprint density at radius 3 is 2.73 bits per heavy atom. The normalized spacial score (nSPS) is 10.7. The lowest BCUT2D eigenvalue weighted by Gasteiger charge is -2.13. The molecular weight excluding hydrogens is 280 g/mol. The molecule has 0 unspecified atom stereocenters. The Hall–Kier alpha value is -2.82. The summed E-state index contributed by atoms with van der Waals surface area (Å²) in [6, 6.07) is 7.74. The smallest absolute Gasteiger partial charge is 0.340 e. The van der Waals surface area contributed by atoms with Crippen molar-refractivity contribution >= 4 is 16.9 Å². The molecule has 2 heterocycles. The van der Waals surface area contributed by atoms with Crippen molar-refractivity contribution in [1.29, 1.82) is 0 Å². The number of aromatic nitrogens is 2. The molecular formula is C17H16N2O3. The third-order valence-electron chi connectivity index (χ3n) is 3.61. The van der Waals surface area contributed by atoms with Gasteiger partial charge in [0.1, 0.15) is 5.75 Å². The molecule has 1 N–H and O–H groups in total. The SMILES string of the molecule is COC(=O)c1cnc(C)cc1-c1cc2[nH]ccc2cc1OC. The molecule has 0 spiro atoms. The molecule has 3 aromatic rings. The first-order valence-corrected chi connectivity index (χ1v) is 6.84. The van der Waals surface area contributed by atoms with Gasteiger partial charge in [-0.3, -0.25) is 4.98 Å². The van der Waals surface area contributed by atoms with Crippen molar-refractivity contribution in [2.45, 2.75) is 6.92 Å². The molecule has 0 aliphatic rings. The highest BCUT2D eigenvalue weighted by atomic mass is 16.5. The molecule has 1 aromatic carbocycles. The van der Waals surface area contributed by atoms with Crippen LogP contribution in [-0.2, 0) is 4.74 Å². The number of fused-ring (bicyclic) bond motifs is 1. The fourth-order valence-electron chi connectivity index (χ4n) is 2.51. The standard InChI is InChI=1S/C17H16N2O3/c1-10-6-12(14(9-19-10)17(20)22-3)13-8-15-11(4-5-18-15)7-16(13)21-2/h4-9,18H,1-3H3. The molecule has 5 heteroatoms. The van der Waals surface area contributed by atoms with E-state index in [1.165, 1.54) is 13.3 Å². The van der Waals surface area contributed by atoms with Crippen molar-refractivity contribution in [3.8, 4) is 16.9 Å². The minimum Gasteiger partial charge on any atom is -0.496 e. The van der Waals surface area contributed by atoms with Gasteiger partial charge in [-0.15, -0.1) is 0 Å². The van der Waals surface area contributed by atoms with Gasteiger partial charge in [0.05, 0.1) is 19.8 Å². The monoisotopic (exact) mass is 296 g/mol. The van der Waals surface area contributed by atoms with E-state index in [2.05, 4.69) is 9.97 Å². The molecule has 0 atom stereocenters. The van der Waals surface area contributed by atoms with E-state index in [9.17, 15) is 4.79 Å². The largest absolute Gasteiger partial charge is 0.496 e. The summed E-state index contributed by atoms with van der Waals surface area (Å²) in [5.41, 5.74) is 3.77. The lowest BCUT2D eigenvalue weighted by Crippen LogP contribution is -2.05. The minimum absolute atomic E-state index is 0.414. The van der Waals surface area contributed by atoms with Crippen LogP contribution in [0.2, 0.25) is 0 Å². The number of rotatable bonds is 3. The first-order chi connectivity index (χ1) is 10.6. The topological polar surface area (TPSA) is 64.2 Å². The number of carbonyl (C=O) groups excluding carboxylic acids is 1. The number of aryl methyl sites for hydroxylation is 1. The number of ether oxygens (including phenoxy) is 2. The van der Waals surface area contributed by atoms with Crippen LogP contribution in [0.25, 0.3) is 22.0 Å². The van der Waals surface area contributed by atoms with Gasteiger partial charge in [-0.2, -0.15) is 0 Å². The summed E-state index contributed by atoms with van der Waals surface area (Å²) in [6.45, 7) is 1.88. The Labute approximate surface area is 127 Å². The average molecular weight is 296 g/mol. The van der Waals surface area contributed by atoms with Crippen LogP contribution >= 0.6 is 0 Å². The molecule has 0 bridgehead atoms. The second-order valence-corrected chi connectivity index (χ2v) is 4.98. The number of carbonyl (C=O) groups is 1. The number of pyridine rings is 1. The number of nitrogens with zero attached hydrogens (tertiary/aromatic N) is 1. The van der Waals surface area contributed by atoms with Crippen molar-refractivity contribution in [3.05, 3.63) is 47.9 Å². The van der Waals surface area contributed by atoms with Crippen LogP contribution in [-0.4, -0.2) is 30.2 Å². The van der Waals surface area contributed by atoms with E-state index in [4.69, 9.17) is 9.47 Å². The zero-order valence-corrected chi connectivity index (χ0v) is 12.6. The molecule has 22 heavy (non-hydrogen) atoms. The molecule has 0 fully saturated rings. The Bertz CT molecular complexity index is 852. The average Bonchev–Trinajstić information content (AvgIpc) is 3.00. The maximum absolute atomic E-state index is 12.0. The lowest BCUT2D eigenvalue weighted by molar-refractivity contribution is 0.0601. The number of hydrogen-bond acceptors (Lipinski definition) is 4. The van der Waals surface area contributed by atoms with Gasteiger partial charge in [-0.25, -0.2) is 4.79 Å². The number of benzene rings is 1. The maximum Gasteiger partial charge on any atom is 0.340 e. The summed E-state index contributed by atoms with van der Waals surface area (Å²) >= 11 is 0. The quantitative estimate of drug-likeness (QED) is 0.753. The number of aromatic amines is 1. The van der Waals surface area contributed by atoms with E-state index in [1.54, 1.807) is 7.11 Å². The molecule has 2 aromatic heterocycles. The summed E-state index contributed by atoms with van der Waals surface area (Å²) in [5, 5.41) is 1.05. The zero-order chi connectivity index (χ0) is 15.7. The zero-order valence-electron chi connectivity index (χ0n) is 12.6. The van der Waals surface area contributed by atoms with E-state index < -0.39 is 5.97 Å². The first-order valence-electron chi connectivity index (χ1n) is 6.84. The van der Waals surface area contributed by atoms with Crippen molar-refractivity contribution in [2.75, 3.05) is 14.2 Å². The Kier molecular flexibility index (Phi) is 3.55. The Balaban J connectivity index is 2.30. The van der Waals surface area contributed by atoms with E-state index in [0.717, 1.165) is 27.7 Å². The van der Waals surface area contributed by atoms with Gasteiger partial charge >= 0.3 is 5.97 Å². The lowest BCUT2D eigenvalue weighted by atomic mass is 9.98. The number of esters is 1. The fourth-order valence-corrected chi connectivity index (χ4v) is 2.51. The van der Waals surface area contributed by atoms with Crippen LogP contribution in [0.4, 0.5) is 0 Å². The number of H-pyrrole nitrogens is 1. The van der Waals surface area contributed by atoms with Gasteiger partial charge < -0.3 is 14.5 Å². The van der Waals surface area contributed by atoms with Crippen LogP contribution in [0.3, 0.4) is 0 Å². The Morgan fingerprint density at radius 2 is 2.00 bits per heavy atom. The van der Waals surface area contributed by atoms with E-state index in [1.807, 2.05) is 37.4 Å². The number of hydrogen-bond donors (Lipinski definition) is 1. The molecule has 0 aliphatic carbocycles. The fraction of sp³-hybridized carbons (Fsp3) is 0.176. The summed E-state index contributed by atoms with van der Waals surface area (Å²) in [6.07, 6.45) is 3.40. The summed E-state index contributed by atoms with van der Waals surface area (Å²) < 4.78 is 10.4. The highest BCUT2D eigenvalue weighted by Crippen LogP contribution is 2.36. The molecule has 0 radical (unpaired) electrons.